The second-order valence-electron chi connectivity index (χ2n) is 8.88. The van der Waals surface area contributed by atoms with E-state index < -0.39 is 32.3 Å². The summed E-state index contributed by atoms with van der Waals surface area (Å²) in [5, 5.41) is 1.26. The van der Waals surface area contributed by atoms with Crippen molar-refractivity contribution in [2.24, 2.45) is 5.92 Å². The smallest absolute Gasteiger partial charge is 0.410 e. The van der Waals surface area contributed by atoms with Gasteiger partial charge >= 0.3 is 12.1 Å². The number of hydrogen-bond donors (Lipinski definition) is 0. The number of ether oxygens (including phenoxy) is 3. The Morgan fingerprint density at radius 3 is 1.97 bits per heavy atom. The van der Waals surface area contributed by atoms with Gasteiger partial charge in [0, 0.05) is 7.11 Å². The highest BCUT2D eigenvalue weighted by atomic mass is 28.3. The van der Waals surface area contributed by atoms with Gasteiger partial charge in [0.05, 0.1) is 34.4 Å². The molecule has 1 aliphatic heterocycles. The maximum absolute atomic E-state index is 13.2. The van der Waals surface area contributed by atoms with Gasteiger partial charge in [-0.25, -0.2) is 9.59 Å². The van der Waals surface area contributed by atoms with Crippen molar-refractivity contribution in [3.05, 3.63) is 66.2 Å². The molecule has 0 saturated carbocycles. The highest BCUT2D eigenvalue weighted by molar-refractivity contribution is 6.91. The topological polar surface area (TPSA) is 65.1 Å². The van der Waals surface area contributed by atoms with E-state index in [9.17, 15) is 9.59 Å². The highest BCUT2D eigenvalue weighted by Gasteiger charge is 2.59. The molecule has 172 valence electrons. The van der Waals surface area contributed by atoms with Crippen molar-refractivity contribution in [1.29, 1.82) is 0 Å². The quantitative estimate of drug-likeness (QED) is 0.487. The molecule has 0 bridgehead atoms. The third-order valence-corrected chi connectivity index (χ3v) is 11.3. The van der Waals surface area contributed by atoms with Crippen LogP contribution in [-0.2, 0) is 19.0 Å². The van der Waals surface area contributed by atoms with Gasteiger partial charge in [0.15, 0.2) is 6.10 Å². The first-order valence-electron chi connectivity index (χ1n) is 10.9. The fourth-order valence-corrected chi connectivity index (χ4v) is 9.67. The van der Waals surface area contributed by atoms with Gasteiger partial charge in [0.25, 0.3) is 0 Å². The summed E-state index contributed by atoms with van der Waals surface area (Å²) in [6, 6.07) is 19.5. The van der Waals surface area contributed by atoms with Crippen LogP contribution < -0.4 is 5.19 Å². The van der Waals surface area contributed by atoms with Crippen LogP contribution in [0.1, 0.15) is 18.5 Å². The lowest BCUT2D eigenvalue weighted by atomic mass is 9.94. The van der Waals surface area contributed by atoms with Gasteiger partial charge in [-0.2, -0.15) is 0 Å². The minimum Gasteiger partial charge on any atom is -0.467 e. The fraction of sp³-hybridized carbons (Fsp3) is 0.440. The number of carbonyl (C=O) groups is 2. The van der Waals surface area contributed by atoms with Crippen LogP contribution in [0.15, 0.2) is 60.7 Å². The van der Waals surface area contributed by atoms with E-state index in [2.05, 4.69) is 32.2 Å². The summed E-state index contributed by atoms with van der Waals surface area (Å²) in [4.78, 5) is 27.8. The molecule has 3 rings (SSSR count). The maximum Gasteiger partial charge on any atom is 0.410 e. The van der Waals surface area contributed by atoms with Crippen molar-refractivity contribution in [3.8, 4) is 0 Å². The molecule has 1 amide bonds. The minimum absolute atomic E-state index is 0.0123. The zero-order chi connectivity index (χ0) is 23.5. The summed E-state index contributed by atoms with van der Waals surface area (Å²) in [5.74, 6) is -0.430. The Kier molecular flexibility index (Phi) is 7.41. The lowest BCUT2D eigenvalue weighted by Gasteiger charge is -2.39. The number of amides is 1. The average Bonchev–Trinajstić information content (AvgIpc) is 3.13. The molecule has 2 aromatic carbocycles. The van der Waals surface area contributed by atoms with Crippen molar-refractivity contribution in [2.75, 3.05) is 21.3 Å². The van der Waals surface area contributed by atoms with Crippen LogP contribution in [0.25, 0.3) is 0 Å². The van der Waals surface area contributed by atoms with Crippen molar-refractivity contribution in [2.45, 2.75) is 43.7 Å². The number of nitrogens with zero attached hydrogens (tertiary/aromatic N) is 1. The summed E-state index contributed by atoms with van der Waals surface area (Å²) < 4.78 is 16.0. The summed E-state index contributed by atoms with van der Waals surface area (Å²) in [7, 11) is 1.99. The Morgan fingerprint density at radius 1 is 0.906 bits per heavy atom. The molecule has 1 aliphatic rings. The average molecular weight is 456 g/mol. The molecular formula is C25H33NO5Si. The van der Waals surface area contributed by atoms with E-state index in [1.165, 1.54) is 26.5 Å². The summed E-state index contributed by atoms with van der Waals surface area (Å²) in [5.41, 5.74) is 1.02. The maximum atomic E-state index is 13.2. The Hall–Kier alpha value is -2.64. The Bertz CT molecular complexity index is 920. The normalized spacial score (nSPS) is 24.1. The van der Waals surface area contributed by atoms with Gasteiger partial charge in [0.1, 0.15) is 0 Å². The summed E-state index contributed by atoms with van der Waals surface area (Å²) >= 11 is 0. The van der Waals surface area contributed by atoms with Crippen LogP contribution in [0.5, 0.6) is 0 Å². The molecule has 32 heavy (non-hydrogen) atoms. The number of hydrogen-bond acceptors (Lipinski definition) is 5. The molecule has 0 radical (unpaired) electrons. The van der Waals surface area contributed by atoms with E-state index in [1.54, 1.807) is 4.90 Å². The zero-order valence-corrected chi connectivity index (χ0v) is 20.6. The first-order chi connectivity index (χ1) is 15.3. The van der Waals surface area contributed by atoms with Crippen LogP contribution in [0.4, 0.5) is 4.79 Å². The molecule has 7 heteroatoms. The molecule has 6 nitrogen and oxygen atoms in total. The van der Waals surface area contributed by atoms with Gasteiger partial charge in [-0.1, -0.05) is 85.9 Å². The van der Waals surface area contributed by atoms with Crippen molar-refractivity contribution in [1.82, 2.24) is 4.90 Å². The van der Waals surface area contributed by atoms with E-state index in [4.69, 9.17) is 14.2 Å². The number of benzene rings is 2. The Morgan fingerprint density at radius 2 is 1.47 bits per heavy atom. The van der Waals surface area contributed by atoms with Crippen LogP contribution >= 0.6 is 0 Å². The van der Waals surface area contributed by atoms with E-state index in [-0.39, 0.29) is 17.5 Å². The van der Waals surface area contributed by atoms with Crippen LogP contribution in [0, 0.1) is 5.92 Å². The Labute approximate surface area is 191 Å². The molecule has 0 N–H and O–H groups in total. The molecule has 0 aliphatic carbocycles. The van der Waals surface area contributed by atoms with E-state index in [0.29, 0.717) is 0 Å². The van der Waals surface area contributed by atoms with Crippen molar-refractivity contribution in [3.63, 3.8) is 0 Å². The number of methoxy groups -OCH3 is 3. The first kappa shape index (κ1) is 24.0. The summed E-state index contributed by atoms with van der Waals surface area (Å²) in [6.07, 6.45) is -1.39. The largest absolute Gasteiger partial charge is 0.467 e. The monoisotopic (exact) mass is 455 g/mol. The lowest BCUT2D eigenvalue weighted by molar-refractivity contribution is -0.155. The van der Waals surface area contributed by atoms with Gasteiger partial charge in [-0.05, 0) is 17.0 Å². The Balaban J connectivity index is 2.24. The predicted octanol–water partition coefficient (Wildman–Crippen LogP) is 3.99. The fourth-order valence-electron chi connectivity index (χ4n) is 5.54. The third kappa shape index (κ3) is 4.19. The summed E-state index contributed by atoms with van der Waals surface area (Å²) in [6.45, 7) is 6.76. The number of rotatable bonds is 6. The first-order valence-corrected chi connectivity index (χ1v) is 13.9. The molecule has 1 fully saturated rings. The van der Waals surface area contributed by atoms with Gasteiger partial charge in [0.2, 0.25) is 0 Å². The predicted molar refractivity (Wildman–Crippen MR) is 127 cm³/mol. The molecule has 2 aromatic rings. The van der Waals surface area contributed by atoms with Crippen LogP contribution in [-0.4, -0.2) is 58.5 Å². The molecular weight excluding hydrogens is 422 g/mol. The van der Waals surface area contributed by atoms with Crippen LogP contribution in [0.2, 0.25) is 18.6 Å². The van der Waals surface area contributed by atoms with E-state index >= 15 is 0 Å². The third-order valence-electron chi connectivity index (χ3n) is 6.93. The van der Waals surface area contributed by atoms with E-state index in [0.717, 1.165) is 5.56 Å². The lowest BCUT2D eigenvalue weighted by Crippen LogP contribution is -2.57. The van der Waals surface area contributed by atoms with E-state index in [1.807, 2.05) is 48.5 Å². The molecule has 1 heterocycles. The molecule has 5 atom stereocenters. The SMILES string of the molecule is COC(=O)C(OC)[C@@H]1[C@@H]([Si](C)(C)c2ccccc2)[C@H](C)[C@H](c2ccccc2)N1C(=O)OC. The molecule has 0 aromatic heterocycles. The molecule has 1 saturated heterocycles. The van der Waals surface area contributed by atoms with Gasteiger partial charge in [-0.15, -0.1) is 0 Å². The zero-order valence-electron chi connectivity index (χ0n) is 19.6. The molecule has 1 unspecified atom stereocenters. The second kappa shape index (κ2) is 9.88. The van der Waals surface area contributed by atoms with Gasteiger partial charge < -0.3 is 14.2 Å². The van der Waals surface area contributed by atoms with Crippen molar-refractivity contribution >= 4 is 25.3 Å². The minimum atomic E-state index is -2.22. The second-order valence-corrected chi connectivity index (χ2v) is 13.6. The van der Waals surface area contributed by atoms with Gasteiger partial charge in [-0.3, -0.25) is 4.90 Å². The standard InChI is InChI=1S/C25H33NO5Si/c1-17-20(18-13-9-7-10-14-18)26(25(28)31-4)21(22(29-2)24(27)30-3)23(17)32(5,6)19-15-11-8-12-16-19/h7-17,20-23H,1-6H3/t17-,20-,21-,22?,23+/m1/s1. The number of likely N-dealkylation sites (tertiary alicyclic amines) is 1. The number of carbonyl (C=O) groups excluding carboxylic acids is 2. The molecule has 0 spiro atoms. The number of esters is 1. The highest BCUT2D eigenvalue weighted by Crippen LogP contribution is 2.53. The van der Waals surface area contributed by atoms with Crippen molar-refractivity contribution < 1.29 is 23.8 Å². The van der Waals surface area contributed by atoms with Crippen LogP contribution in [0.3, 0.4) is 0 Å².